The Bertz CT molecular complexity index is 1000. The Morgan fingerprint density at radius 3 is 2.48 bits per heavy atom. The van der Waals surface area contributed by atoms with E-state index in [-0.39, 0.29) is 17.4 Å². The number of oxazole rings is 1. The van der Waals surface area contributed by atoms with E-state index < -0.39 is 5.82 Å². The van der Waals surface area contributed by atoms with E-state index in [1.165, 1.54) is 18.5 Å². The molecule has 0 saturated carbocycles. The fraction of sp³-hybridized carbons (Fsp3) is 0.250. The van der Waals surface area contributed by atoms with Gasteiger partial charge in [-0.3, -0.25) is 9.59 Å². The number of fused-ring (bicyclic) bond motifs is 1. The van der Waals surface area contributed by atoms with Crippen molar-refractivity contribution in [3.05, 3.63) is 65.8 Å². The van der Waals surface area contributed by atoms with Crippen LogP contribution in [0.2, 0.25) is 0 Å². The molecule has 4 rings (SSSR count). The molecule has 2 heterocycles. The quantitative estimate of drug-likeness (QED) is 0.698. The van der Waals surface area contributed by atoms with Gasteiger partial charge in [-0.25, -0.2) is 9.37 Å². The molecule has 7 heteroatoms. The third-order valence-electron chi connectivity index (χ3n) is 4.75. The second-order valence-corrected chi connectivity index (χ2v) is 6.45. The van der Waals surface area contributed by atoms with E-state index in [0.717, 1.165) is 0 Å². The average Bonchev–Trinajstić information content (AvgIpc) is 3.02. The molecule has 27 heavy (non-hydrogen) atoms. The molecule has 1 fully saturated rings. The molecular weight excluding hydrogens is 349 g/mol. The minimum Gasteiger partial charge on any atom is -0.443 e. The highest BCUT2D eigenvalue weighted by molar-refractivity contribution is 5.97. The number of aromatic nitrogens is 1. The molecule has 138 valence electrons. The van der Waals surface area contributed by atoms with E-state index in [0.29, 0.717) is 49.3 Å². The molecule has 1 aliphatic heterocycles. The molecule has 6 nitrogen and oxygen atoms in total. The summed E-state index contributed by atoms with van der Waals surface area (Å²) in [4.78, 5) is 32.8. The highest BCUT2D eigenvalue weighted by atomic mass is 19.1. The van der Waals surface area contributed by atoms with E-state index in [1.54, 1.807) is 40.1 Å². The zero-order valence-corrected chi connectivity index (χ0v) is 14.6. The average molecular weight is 367 g/mol. The van der Waals surface area contributed by atoms with Crippen LogP contribution in [0, 0.1) is 5.82 Å². The summed E-state index contributed by atoms with van der Waals surface area (Å²) in [5.41, 5.74) is 1.84. The Balaban J connectivity index is 1.47. The van der Waals surface area contributed by atoms with Crippen LogP contribution in [0.15, 0.2) is 53.3 Å². The first-order chi connectivity index (χ1) is 13.1. The number of hydrogen-bond acceptors (Lipinski definition) is 4. The van der Waals surface area contributed by atoms with Crippen LogP contribution < -0.4 is 0 Å². The maximum atomic E-state index is 13.9. The summed E-state index contributed by atoms with van der Waals surface area (Å²) in [5.74, 6) is -0.987. The molecule has 0 N–H and O–H groups in total. The van der Waals surface area contributed by atoms with Crippen molar-refractivity contribution in [1.82, 2.24) is 14.8 Å². The summed E-state index contributed by atoms with van der Waals surface area (Å²) < 4.78 is 19.2. The molecule has 0 radical (unpaired) electrons. The number of benzene rings is 2. The van der Waals surface area contributed by atoms with Gasteiger partial charge in [-0.1, -0.05) is 12.1 Å². The Hall–Kier alpha value is -3.22. The number of nitrogens with zero attached hydrogens (tertiary/aromatic N) is 3. The highest BCUT2D eigenvalue weighted by Crippen LogP contribution is 2.18. The summed E-state index contributed by atoms with van der Waals surface area (Å²) in [6.45, 7) is 1.78. The third-order valence-corrected chi connectivity index (χ3v) is 4.75. The zero-order chi connectivity index (χ0) is 18.8. The Labute approximate surface area is 155 Å². The van der Waals surface area contributed by atoms with E-state index in [9.17, 15) is 14.0 Å². The first-order valence-electron chi connectivity index (χ1n) is 8.80. The Kier molecular flexibility index (Phi) is 4.58. The molecule has 1 saturated heterocycles. The minimum absolute atomic E-state index is 0.0630. The predicted molar refractivity (Wildman–Crippen MR) is 96.8 cm³/mol. The first kappa shape index (κ1) is 17.2. The molecule has 2 amide bonds. The molecule has 1 aromatic heterocycles. The molecule has 3 aromatic rings. The van der Waals surface area contributed by atoms with Gasteiger partial charge in [0, 0.05) is 31.7 Å². The van der Waals surface area contributed by atoms with Gasteiger partial charge < -0.3 is 14.2 Å². The van der Waals surface area contributed by atoms with Crippen molar-refractivity contribution >= 4 is 22.9 Å². The van der Waals surface area contributed by atoms with Gasteiger partial charge in [0.25, 0.3) is 11.8 Å². The molecule has 0 unspecified atom stereocenters. The minimum atomic E-state index is -0.528. The third kappa shape index (κ3) is 3.40. The molecular formula is C20H18FN3O3. The van der Waals surface area contributed by atoms with Crippen molar-refractivity contribution < 1.29 is 18.4 Å². The summed E-state index contributed by atoms with van der Waals surface area (Å²) in [5, 5.41) is 0. The van der Waals surface area contributed by atoms with Crippen molar-refractivity contribution in [1.29, 1.82) is 0 Å². The van der Waals surface area contributed by atoms with Crippen LogP contribution in [0.1, 0.15) is 27.1 Å². The van der Waals surface area contributed by atoms with Crippen LogP contribution in [0.4, 0.5) is 4.39 Å². The lowest BCUT2D eigenvalue weighted by molar-refractivity contribution is 0.0716. The van der Waals surface area contributed by atoms with Gasteiger partial charge in [0.2, 0.25) is 0 Å². The fourth-order valence-electron chi connectivity index (χ4n) is 3.30. The molecule has 0 bridgehead atoms. The number of carbonyl (C=O) groups is 2. The molecule has 0 spiro atoms. The number of amides is 2. The molecule has 2 aromatic carbocycles. The fourth-order valence-corrected chi connectivity index (χ4v) is 3.30. The standard InChI is InChI=1S/C20H18FN3O3/c21-16-5-2-1-4-15(16)20(26)24-9-3-8-23(10-11-24)19(25)14-6-7-17-18(12-14)27-13-22-17/h1-2,4-7,12-13H,3,8-11H2. The second kappa shape index (κ2) is 7.19. The van der Waals surface area contributed by atoms with Crippen molar-refractivity contribution in [2.45, 2.75) is 6.42 Å². The molecule has 0 atom stereocenters. The monoisotopic (exact) mass is 367 g/mol. The van der Waals surface area contributed by atoms with Gasteiger partial charge in [0.05, 0.1) is 5.56 Å². The van der Waals surface area contributed by atoms with Crippen molar-refractivity contribution in [2.24, 2.45) is 0 Å². The van der Waals surface area contributed by atoms with Gasteiger partial charge in [-0.05, 0) is 36.8 Å². The van der Waals surface area contributed by atoms with E-state index in [4.69, 9.17) is 4.42 Å². The van der Waals surface area contributed by atoms with Crippen molar-refractivity contribution in [2.75, 3.05) is 26.2 Å². The number of rotatable bonds is 2. The zero-order valence-electron chi connectivity index (χ0n) is 14.6. The lowest BCUT2D eigenvalue weighted by Gasteiger charge is -2.22. The largest absolute Gasteiger partial charge is 0.443 e. The topological polar surface area (TPSA) is 66.7 Å². The summed E-state index contributed by atoms with van der Waals surface area (Å²) in [7, 11) is 0. The second-order valence-electron chi connectivity index (χ2n) is 6.45. The Morgan fingerprint density at radius 1 is 0.963 bits per heavy atom. The van der Waals surface area contributed by atoms with Gasteiger partial charge in [-0.15, -0.1) is 0 Å². The highest BCUT2D eigenvalue weighted by Gasteiger charge is 2.25. The summed E-state index contributed by atoms with van der Waals surface area (Å²) >= 11 is 0. The van der Waals surface area contributed by atoms with E-state index >= 15 is 0 Å². The van der Waals surface area contributed by atoms with Crippen LogP contribution in [0.3, 0.4) is 0 Å². The number of hydrogen-bond donors (Lipinski definition) is 0. The lowest BCUT2D eigenvalue weighted by atomic mass is 10.1. The van der Waals surface area contributed by atoms with Crippen molar-refractivity contribution in [3.63, 3.8) is 0 Å². The van der Waals surface area contributed by atoms with Gasteiger partial charge in [0.15, 0.2) is 12.0 Å². The van der Waals surface area contributed by atoms with Crippen LogP contribution >= 0.6 is 0 Å². The van der Waals surface area contributed by atoms with Crippen LogP contribution in [0.25, 0.3) is 11.1 Å². The summed E-state index contributed by atoms with van der Waals surface area (Å²) in [6, 6.07) is 11.1. The number of carbonyl (C=O) groups excluding carboxylic acids is 2. The first-order valence-corrected chi connectivity index (χ1v) is 8.80. The maximum absolute atomic E-state index is 13.9. The predicted octanol–water partition coefficient (Wildman–Crippen LogP) is 2.96. The lowest BCUT2D eigenvalue weighted by Crippen LogP contribution is -2.37. The molecule has 0 aliphatic carbocycles. The van der Waals surface area contributed by atoms with Gasteiger partial charge in [-0.2, -0.15) is 0 Å². The van der Waals surface area contributed by atoms with E-state index in [2.05, 4.69) is 4.98 Å². The summed E-state index contributed by atoms with van der Waals surface area (Å²) in [6.07, 6.45) is 1.98. The van der Waals surface area contributed by atoms with Crippen LogP contribution in [-0.2, 0) is 0 Å². The van der Waals surface area contributed by atoms with Crippen LogP contribution in [-0.4, -0.2) is 52.8 Å². The maximum Gasteiger partial charge on any atom is 0.256 e. The normalized spacial score (nSPS) is 15.0. The SMILES string of the molecule is O=C(c1ccc2ncoc2c1)N1CCCN(C(=O)c2ccccc2F)CC1. The van der Waals surface area contributed by atoms with Crippen LogP contribution in [0.5, 0.6) is 0 Å². The van der Waals surface area contributed by atoms with Crippen molar-refractivity contribution in [3.8, 4) is 0 Å². The number of halogens is 1. The van der Waals surface area contributed by atoms with Gasteiger partial charge in [0.1, 0.15) is 11.3 Å². The van der Waals surface area contributed by atoms with E-state index in [1.807, 2.05) is 0 Å². The van der Waals surface area contributed by atoms with Gasteiger partial charge >= 0.3 is 0 Å². The molecule has 1 aliphatic rings. The smallest absolute Gasteiger partial charge is 0.256 e. The Morgan fingerprint density at radius 2 is 1.70 bits per heavy atom.